The average molecular weight is 379 g/mol. The standard InChI is InChI=1S/C17H25N5O3S/c1-13(18)14-4-3-9-22(10-14)26(23,24)16-7-5-15(6-8-16)25-11-17-19-12-20-21(17)2/h5-8,12-14H,3-4,9-11,18H2,1-2H3/t13-,14+/m1/s1. The summed E-state index contributed by atoms with van der Waals surface area (Å²) in [5, 5.41) is 3.98. The number of aromatic nitrogens is 3. The maximum atomic E-state index is 12.9. The molecule has 0 bridgehead atoms. The molecule has 1 saturated heterocycles. The van der Waals surface area contributed by atoms with E-state index in [1.807, 2.05) is 6.92 Å². The van der Waals surface area contributed by atoms with Gasteiger partial charge in [0.05, 0.1) is 4.90 Å². The Labute approximate surface area is 154 Å². The number of nitrogens with two attached hydrogens (primary N) is 1. The quantitative estimate of drug-likeness (QED) is 0.807. The summed E-state index contributed by atoms with van der Waals surface area (Å²) in [7, 11) is -1.73. The third-order valence-electron chi connectivity index (χ3n) is 4.80. The first-order valence-electron chi connectivity index (χ1n) is 8.69. The van der Waals surface area contributed by atoms with Gasteiger partial charge in [-0.1, -0.05) is 0 Å². The van der Waals surface area contributed by atoms with Crippen molar-refractivity contribution in [3.63, 3.8) is 0 Å². The predicted molar refractivity (Wildman–Crippen MR) is 96.9 cm³/mol. The normalized spacial score (nSPS) is 20.0. The third kappa shape index (κ3) is 4.05. The number of rotatable bonds is 6. The number of nitrogens with zero attached hydrogens (tertiary/aromatic N) is 4. The summed E-state index contributed by atoms with van der Waals surface area (Å²) in [6, 6.07) is 6.48. The highest BCUT2D eigenvalue weighted by Gasteiger charge is 2.31. The number of sulfonamides is 1. The van der Waals surface area contributed by atoms with Crippen molar-refractivity contribution >= 4 is 10.0 Å². The van der Waals surface area contributed by atoms with Gasteiger partial charge in [-0.3, -0.25) is 4.68 Å². The lowest BCUT2D eigenvalue weighted by atomic mass is 9.93. The Hall–Kier alpha value is -1.97. The van der Waals surface area contributed by atoms with Crippen LogP contribution in [0.25, 0.3) is 0 Å². The summed E-state index contributed by atoms with van der Waals surface area (Å²) in [4.78, 5) is 4.36. The van der Waals surface area contributed by atoms with Gasteiger partial charge in [-0.25, -0.2) is 13.4 Å². The van der Waals surface area contributed by atoms with Crippen molar-refractivity contribution in [2.45, 2.75) is 37.3 Å². The molecule has 0 radical (unpaired) electrons. The zero-order valence-corrected chi connectivity index (χ0v) is 15.9. The highest BCUT2D eigenvalue weighted by molar-refractivity contribution is 7.89. The highest BCUT2D eigenvalue weighted by Crippen LogP contribution is 2.26. The van der Waals surface area contributed by atoms with Crippen LogP contribution in [-0.4, -0.2) is 46.6 Å². The molecule has 142 valence electrons. The molecule has 0 saturated carbocycles. The van der Waals surface area contributed by atoms with Crippen molar-refractivity contribution in [1.29, 1.82) is 0 Å². The zero-order chi connectivity index (χ0) is 18.7. The van der Waals surface area contributed by atoms with Crippen LogP contribution in [0.15, 0.2) is 35.5 Å². The molecule has 0 amide bonds. The van der Waals surface area contributed by atoms with Crippen LogP contribution >= 0.6 is 0 Å². The monoisotopic (exact) mass is 379 g/mol. The topological polar surface area (TPSA) is 103 Å². The lowest BCUT2D eigenvalue weighted by Crippen LogP contribution is -2.44. The molecule has 1 aromatic heterocycles. The number of hydrogen-bond donors (Lipinski definition) is 1. The van der Waals surface area contributed by atoms with Crippen LogP contribution in [0.2, 0.25) is 0 Å². The van der Waals surface area contributed by atoms with Crippen molar-refractivity contribution in [3.05, 3.63) is 36.4 Å². The molecule has 3 rings (SSSR count). The zero-order valence-electron chi connectivity index (χ0n) is 15.1. The Bertz CT molecular complexity index is 832. The third-order valence-corrected chi connectivity index (χ3v) is 6.68. The van der Waals surface area contributed by atoms with E-state index < -0.39 is 10.0 Å². The van der Waals surface area contributed by atoms with Crippen LogP contribution in [0.5, 0.6) is 5.75 Å². The second-order valence-electron chi connectivity index (χ2n) is 6.68. The fraction of sp³-hybridized carbons (Fsp3) is 0.529. The highest BCUT2D eigenvalue weighted by atomic mass is 32.2. The van der Waals surface area contributed by atoms with Crippen LogP contribution < -0.4 is 10.5 Å². The van der Waals surface area contributed by atoms with Gasteiger partial charge in [-0.05, 0) is 49.9 Å². The smallest absolute Gasteiger partial charge is 0.243 e. The Morgan fingerprint density at radius 1 is 1.35 bits per heavy atom. The van der Waals surface area contributed by atoms with Gasteiger partial charge in [0.15, 0.2) is 5.82 Å². The van der Waals surface area contributed by atoms with E-state index in [1.54, 1.807) is 40.3 Å². The molecule has 2 atom stereocenters. The van der Waals surface area contributed by atoms with Gasteiger partial charge in [0.25, 0.3) is 0 Å². The number of ether oxygens (including phenoxy) is 1. The first-order chi connectivity index (χ1) is 12.4. The predicted octanol–water partition coefficient (Wildman–Crippen LogP) is 1.14. The van der Waals surface area contributed by atoms with Gasteiger partial charge in [0.2, 0.25) is 10.0 Å². The van der Waals surface area contributed by atoms with Crippen molar-refractivity contribution in [2.75, 3.05) is 13.1 Å². The summed E-state index contributed by atoms with van der Waals surface area (Å²) in [6.45, 7) is 3.22. The van der Waals surface area contributed by atoms with Crippen LogP contribution in [0.1, 0.15) is 25.6 Å². The molecule has 1 fully saturated rings. The second kappa shape index (κ2) is 7.73. The number of piperidine rings is 1. The molecule has 0 aliphatic carbocycles. The van der Waals surface area contributed by atoms with E-state index in [-0.39, 0.29) is 23.5 Å². The molecule has 0 unspecified atom stereocenters. The summed E-state index contributed by atoms with van der Waals surface area (Å²) in [5.41, 5.74) is 5.97. The lowest BCUT2D eigenvalue weighted by molar-refractivity contribution is 0.243. The maximum Gasteiger partial charge on any atom is 0.243 e. The van der Waals surface area contributed by atoms with Crippen LogP contribution in [-0.2, 0) is 23.7 Å². The van der Waals surface area contributed by atoms with E-state index >= 15 is 0 Å². The molecule has 9 heteroatoms. The van der Waals surface area contributed by atoms with Crippen LogP contribution in [0.4, 0.5) is 0 Å². The SMILES string of the molecule is C[C@@H](N)[C@H]1CCCN(S(=O)(=O)c2ccc(OCc3ncnn3C)cc2)C1. The van der Waals surface area contributed by atoms with Crippen molar-refractivity contribution < 1.29 is 13.2 Å². The molecule has 1 aliphatic rings. The van der Waals surface area contributed by atoms with Gasteiger partial charge in [-0.15, -0.1) is 0 Å². The molecule has 26 heavy (non-hydrogen) atoms. The van der Waals surface area contributed by atoms with Crippen molar-refractivity contribution in [3.8, 4) is 5.75 Å². The van der Waals surface area contributed by atoms with E-state index in [1.165, 1.54) is 6.33 Å². The Morgan fingerprint density at radius 2 is 2.08 bits per heavy atom. The van der Waals surface area contributed by atoms with Crippen molar-refractivity contribution in [2.24, 2.45) is 18.7 Å². The maximum absolute atomic E-state index is 12.9. The fourth-order valence-electron chi connectivity index (χ4n) is 3.08. The fourth-order valence-corrected chi connectivity index (χ4v) is 4.61. The van der Waals surface area contributed by atoms with Gasteiger partial charge >= 0.3 is 0 Å². The molecule has 8 nitrogen and oxygen atoms in total. The van der Waals surface area contributed by atoms with Crippen LogP contribution in [0, 0.1) is 5.92 Å². The Kier molecular flexibility index (Phi) is 5.59. The van der Waals surface area contributed by atoms with Gasteiger partial charge in [0.1, 0.15) is 18.7 Å². The summed E-state index contributed by atoms with van der Waals surface area (Å²) in [6.07, 6.45) is 3.27. The van der Waals surface area contributed by atoms with E-state index in [2.05, 4.69) is 10.1 Å². The lowest BCUT2D eigenvalue weighted by Gasteiger charge is -2.33. The first-order valence-corrected chi connectivity index (χ1v) is 10.1. The van der Waals surface area contributed by atoms with E-state index in [4.69, 9.17) is 10.5 Å². The molecule has 2 aromatic rings. The molecule has 1 aromatic carbocycles. The number of aryl methyl sites for hydroxylation is 1. The van der Waals surface area contributed by atoms with Crippen LogP contribution in [0.3, 0.4) is 0 Å². The van der Waals surface area contributed by atoms with Gasteiger partial charge < -0.3 is 10.5 Å². The Balaban J connectivity index is 1.67. The minimum atomic E-state index is -3.51. The summed E-state index contributed by atoms with van der Waals surface area (Å²) in [5.74, 6) is 1.48. The molecule has 2 heterocycles. The molecular weight excluding hydrogens is 354 g/mol. The Morgan fingerprint density at radius 3 is 2.69 bits per heavy atom. The molecule has 2 N–H and O–H groups in total. The molecule has 1 aliphatic heterocycles. The van der Waals surface area contributed by atoms with E-state index in [0.29, 0.717) is 24.7 Å². The second-order valence-corrected chi connectivity index (χ2v) is 8.62. The van der Waals surface area contributed by atoms with E-state index in [0.717, 1.165) is 12.8 Å². The summed E-state index contributed by atoms with van der Waals surface area (Å²) < 4.78 is 34.6. The minimum Gasteiger partial charge on any atom is -0.486 e. The number of hydrogen-bond acceptors (Lipinski definition) is 6. The van der Waals surface area contributed by atoms with Gasteiger partial charge in [-0.2, -0.15) is 9.40 Å². The molecule has 0 spiro atoms. The largest absolute Gasteiger partial charge is 0.486 e. The van der Waals surface area contributed by atoms with Gasteiger partial charge in [0, 0.05) is 26.2 Å². The minimum absolute atomic E-state index is 0.00983. The van der Waals surface area contributed by atoms with Crippen molar-refractivity contribution in [1.82, 2.24) is 19.1 Å². The average Bonchev–Trinajstić information content (AvgIpc) is 3.05. The summed E-state index contributed by atoms with van der Waals surface area (Å²) >= 11 is 0. The first kappa shape index (κ1) is 18.8. The molecular formula is C17H25N5O3S. The number of benzene rings is 1. The van der Waals surface area contributed by atoms with E-state index in [9.17, 15) is 8.42 Å².